The van der Waals surface area contributed by atoms with Crippen LogP contribution in [0.4, 0.5) is 0 Å². The summed E-state index contributed by atoms with van der Waals surface area (Å²) in [5.74, 6) is -0.236. The maximum absolute atomic E-state index is 10.4. The Bertz CT molecular complexity index is 511. The van der Waals surface area contributed by atoms with Crippen molar-refractivity contribution in [1.82, 2.24) is 0 Å². The van der Waals surface area contributed by atoms with Crippen molar-refractivity contribution in [2.75, 3.05) is 5.75 Å². The van der Waals surface area contributed by atoms with Crippen LogP contribution < -0.4 is 16.0 Å². The van der Waals surface area contributed by atoms with E-state index in [0.717, 1.165) is 0 Å². The summed E-state index contributed by atoms with van der Waals surface area (Å²) in [5, 5.41) is 9.29. The Morgan fingerprint density at radius 3 is 1.05 bits per heavy atom. The summed E-state index contributed by atoms with van der Waals surface area (Å²) < 4.78 is 39.6. The molecule has 0 aromatic heterocycles. The number of carbonyl (C=O) groups excluding carboxylic acids is 1. The fourth-order valence-electron chi connectivity index (χ4n) is 0. The summed E-state index contributed by atoms with van der Waals surface area (Å²) in [5.41, 5.74) is 4.57. The zero-order chi connectivity index (χ0) is 18.3. The number of rotatable bonds is 1. The van der Waals surface area contributed by atoms with Gasteiger partial charge in [0.2, 0.25) is 26.0 Å². The van der Waals surface area contributed by atoms with Crippen molar-refractivity contribution in [3.05, 3.63) is 0 Å². The molecule has 0 unspecified atom stereocenters. The molecule has 0 atom stereocenters. The smallest absolute Gasteiger partial charge is 0.222 e. The van der Waals surface area contributed by atoms with Crippen LogP contribution in [-0.2, 0) is 24.8 Å². The summed E-state index contributed by atoms with van der Waals surface area (Å²) in [6, 6.07) is 0. The normalized spacial score (nSPS) is 12.4. The minimum Gasteiger partial charge on any atom is -0.369 e. The predicted molar refractivity (Wildman–Crippen MR) is 85.2 cm³/mol. The second-order valence-corrected chi connectivity index (χ2v) is 10.4. The first kappa shape index (κ1) is 25.3. The third kappa shape index (κ3) is 19.3. The van der Waals surface area contributed by atoms with Gasteiger partial charge in [0.15, 0.2) is 0 Å². The maximum Gasteiger partial charge on any atom is 0.222 e. The van der Waals surface area contributed by atoms with Crippen molar-refractivity contribution in [2.45, 2.75) is 53.2 Å². The van der Waals surface area contributed by atoms with E-state index in [0.29, 0.717) is 0 Å². The Labute approximate surface area is 128 Å². The summed E-state index contributed by atoms with van der Waals surface area (Å²) in [6.07, 6.45) is 0. The molecule has 1 amide bonds. The molecule has 0 rings (SSSR count). The van der Waals surface area contributed by atoms with Gasteiger partial charge in [-0.2, -0.15) is 0 Å². The second-order valence-electron chi connectivity index (χ2n) is 6.22. The fraction of sp³-hybridized carbons (Fsp3) is 0.909. The first-order valence-electron chi connectivity index (χ1n) is 6.08. The second kappa shape index (κ2) is 8.66. The van der Waals surface area contributed by atoms with Gasteiger partial charge in [-0.3, -0.25) is 4.79 Å². The van der Waals surface area contributed by atoms with Crippen LogP contribution in [0.15, 0.2) is 0 Å². The zero-order valence-corrected chi connectivity index (χ0v) is 15.4. The average molecular weight is 348 g/mol. The van der Waals surface area contributed by atoms with Gasteiger partial charge in [0.25, 0.3) is 0 Å². The molecule has 0 bridgehead atoms. The molecule has 0 aliphatic carbocycles. The largest absolute Gasteiger partial charge is 0.369 e. The van der Waals surface area contributed by atoms with Crippen LogP contribution in [0, 0.1) is 5.41 Å². The predicted octanol–water partition coefficient (Wildman–Crippen LogP) is -0.114. The minimum atomic E-state index is -3.34. The van der Waals surface area contributed by atoms with Gasteiger partial charge in [-0.15, -0.1) is 0 Å². The number of carbonyl (C=O) groups is 1. The highest BCUT2D eigenvalue weighted by Crippen LogP contribution is 2.10. The molecule has 0 radical (unpaired) electrons. The minimum absolute atomic E-state index is 0.0208. The van der Waals surface area contributed by atoms with Gasteiger partial charge in [-0.1, -0.05) is 20.8 Å². The number of primary sulfonamides is 2. The molecule has 0 aromatic carbocycles. The number of amides is 1. The molecule has 0 heterocycles. The van der Waals surface area contributed by atoms with Gasteiger partial charge in [0.05, 0.1) is 10.5 Å². The van der Waals surface area contributed by atoms with E-state index in [-0.39, 0.29) is 17.1 Å². The van der Waals surface area contributed by atoms with Crippen LogP contribution in [0.25, 0.3) is 0 Å². The van der Waals surface area contributed by atoms with E-state index in [1.165, 1.54) is 6.92 Å². The van der Waals surface area contributed by atoms with E-state index in [4.69, 9.17) is 10.9 Å². The summed E-state index contributed by atoms with van der Waals surface area (Å²) in [7, 11) is -6.50. The Morgan fingerprint density at radius 1 is 0.905 bits per heavy atom. The lowest BCUT2D eigenvalue weighted by Crippen LogP contribution is -2.34. The molecular formula is C11H29N3O5S2. The molecule has 130 valence electrons. The number of nitrogens with two attached hydrogens (primary N) is 3. The lowest BCUT2D eigenvalue weighted by atomic mass is 9.96. The van der Waals surface area contributed by atoms with E-state index in [9.17, 15) is 21.6 Å². The lowest BCUT2D eigenvalue weighted by Gasteiger charge is -2.13. The highest BCUT2D eigenvalue weighted by molar-refractivity contribution is 7.90. The van der Waals surface area contributed by atoms with Crippen molar-refractivity contribution in [2.24, 2.45) is 21.4 Å². The van der Waals surface area contributed by atoms with Crippen LogP contribution in [0.1, 0.15) is 48.5 Å². The SMILES string of the molecule is CC(C)(C)C(N)=O.CC(C)(C)S(N)(=O)=O.CCS(N)(=O)=O. The summed E-state index contributed by atoms with van der Waals surface area (Å²) in [4.78, 5) is 10.2. The van der Waals surface area contributed by atoms with Crippen LogP contribution in [0.5, 0.6) is 0 Å². The van der Waals surface area contributed by atoms with Crippen molar-refractivity contribution >= 4 is 26.0 Å². The monoisotopic (exact) mass is 347 g/mol. The molecule has 21 heavy (non-hydrogen) atoms. The molecule has 0 spiro atoms. The van der Waals surface area contributed by atoms with Crippen molar-refractivity contribution < 1.29 is 21.6 Å². The van der Waals surface area contributed by atoms with E-state index >= 15 is 0 Å². The number of hydrogen-bond acceptors (Lipinski definition) is 5. The molecule has 0 fully saturated rings. The van der Waals surface area contributed by atoms with Crippen LogP contribution >= 0.6 is 0 Å². The van der Waals surface area contributed by atoms with Gasteiger partial charge in [-0.05, 0) is 27.7 Å². The Morgan fingerprint density at radius 2 is 1.05 bits per heavy atom. The van der Waals surface area contributed by atoms with Gasteiger partial charge in [0, 0.05) is 5.41 Å². The van der Waals surface area contributed by atoms with Gasteiger partial charge in [-0.25, -0.2) is 27.1 Å². The van der Waals surface area contributed by atoms with Gasteiger partial charge >= 0.3 is 0 Å². The third-order valence-electron chi connectivity index (χ3n) is 2.00. The molecule has 8 nitrogen and oxygen atoms in total. The van der Waals surface area contributed by atoms with Gasteiger partial charge in [0.1, 0.15) is 0 Å². The number of sulfonamides is 2. The molecule has 10 heteroatoms. The fourth-order valence-corrected chi connectivity index (χ4v) is 0. The molecule has 6 N–H and O–H groups in total. The average Bonchev–Trinajstić information content (AvgIpc) is 2.13. The molecule has 0 aromatic rings. The van der Waals surface area contributed by atoms with Crippen molar-refractivity contribution in [3.63, 3.8) is 0 Å². The summed E-state index contributed by atoms with van der Waals surface area (Å²) >= 11 is 0. The molecule has 0 aliphatic heterocycles. The molecule has 0 saturated heterocycles. The van der Waals surface area contributed by atoms with E-state index in [2.05, 4.69) is 5.14 Å². The number of hydrogen-bond donors (Lipinski definition) is 3. The third-order valence-corrected chi connectivity index (χ3v) is 4.51. The molecular weight excluding hydrogens is 318 g/mol. The topological polar surface area (TPSA) is 163 Å². The van der Waals surface area contributed by atoms with E-state index in [1.807, 2.05) is 0 Å². The Hall–Kier alpha value is -0.710. The molecule has 0 aliphatic rings. The Balaban J connectivity index is -0.000000234. The van der Waals surface area contributed by atoms with Crippen molar-refractivity contribution in [3.8, 4) is 0 Å². The highest BCUT2D eigenvalue weighted by atomic mass is 32.2. The zero-order valence-electron chi connectivity index (χ0n) is 13.8. The van der Waals surface area contributed by atoms with Gasteiger partial charge < -0.3 is 5.73 Å². The highest BCUT2D eigenvalue weighted by Gasteiger charge is 2.23. The number of primary amides is 1. The van der Waals surface area contributed by atoms with E-state index in [1.54, 1.807) is 41.5 Å². The maximum atomic E-state index is 10.4. The Kier molecular flexibility index (Phi) is 10.4. The standard InChI is InChI=1S/C5H11NO.C4H11NO2S.C2H7NO2S/c1-5(2,3)4(6)7;1-4(2,3)8(5,6)7;1-2-6(3,4)5/h1-3H3,(H2,6,7);1-3H3,(H2,5,6,7);2H2,1H3,(H2,3,4,5). The van der Waals surface area contributed by atoms with Crippen molar-refractivity contribution in [1.29, 1.82) is 0 Å². The first-order chi connectivity index (χ1) is 8.75. The quantitative estimate of drug-likeness (QED) is 0.601. The lowest BCUT2D eigenvalue weighted by molar-refractivity contribution is -0.125. The summed E-state index contributed by atoms with van der Waals surface area (Å²) in [6.45, 7) is 11.5. The van der Waals surface area contributed by atoms with E-state index < -0.39 is 24.8 Å². The molecule has 0 saturated carbocycles. The van der Waals surface area contributed by atoms with Crippen LogP contribution in [0.2, 0.25) is 0 Å². The van der Waals surface area contributed by atoms with Crippen LogP contribution in [0.3, 0.4) is 0 Å². The van der Waals surface area contributed by atoms with Crippen LogP contribution in [-0.4, -0.2) is 33.2 Å². The first-order valence-corrected chi connectivity index (χ1v) is 9.34.